The topological polar surface area (TPSA) is 106 Å². The minimum Gasteiger partial charge on any atom is -0.398 e. The molecule has 6 heteroatoms. The van der Waals surface area contributed by atoms with Gasteiger partial charge in [0.15, 0.2) is 0 Å². The van der Waals surface area contributed by atoms with Crippen LogP contribution in [0, 0.1) is 0 Å². The summed E-state index contributed by atoms with van der Waals surface area (Å²) in [6.07, 6.45) is 3.41. The normalized spacial score (nSPS) is 12.4. The second-order valence-corrected chi connectivity index (χ2v) is 5.45. The second kappa shape index (κ2) is 5.24. The van der Waals surface area contributed by atoms with Crippen molar-refractivity contribution < 1.29 is 13.0 Å². The molecule has 0 saturated heterocycles. The molecule has 0 heterocycles. The lowest BCUT2D eigenvalue weighted by Gasteiger charge is -2.11. The minimum atomic E-state index is -4.22. The maximum absolute atomic E-state index is 11.0. The van der Waals surface area contributed by atoms with Gasteiger partial charge in [-0.2, -0.15) is 8.42 Å². The van der Waals surface area contributed by atoms with Gasteiger partial charge in [0.2, 0.25) is 0 Å². The van der Waals surface area contributed by atoms with Gasteiger partial charge in [-0.3, -0.25) is 4.55 Å². The molecule has 0 saturated carbocycles. The van der Waals surface area contributed by atoms with Crippen LogP contribution in [0.2, 0.25) is 0 Å². The van der Waals surface area contributed by atoms with E-state index in [4.69, 9.17) is 16.0 Å². The maximum Gasteiger partial charge on any atom is 0.290 e. The molecule has 5 nitrogen and oxygen atoms in total. The molecule has 1 rings (SSSR count). The predicted molar refractivity (Wildman–Crippen MR) is 74.4 cm³/mol. The van der Waals surface area contributed by atoms with Gasteiger partial charge >= 0.3 is 0 Å². The highest BCUT2D eigenvalue weighted by molar-refractivity contribution is 7.89. The first-order chi connectivity index (χ1) is 8.27. The number of nitrogens with two attached hydrogens (primary N) is 2. The van der Waals surface area contributed by atoms with Gasteiger partial charge in [-0.15, -0.1) is 6.58 Å². The molecule has 18 heavy (non-hydrogen) atoms. The monoisotopic (exact) mass is 268 g/mol. The number of benzene rings is 1. The van der Waals surface area contributed by atoms with Crippen LogP contribution in [0.5, 0.6) is 0 Å². The van der Waals surface area contributed by atoms with Crippen LogP contribution in [0.3, 0.4) is 0 Å². The van der Waals surface area contributed by atoms with E-state index in [0.29, 0.717) is 28.9 Å². The molecule has 98 valence electrons. The summed E-state index contributed by atoms with van der Waals surface area (Å²) in [6, 6.07) is 3.24. The van der Waals surface area contributed by atoms with E-state index in [1.54, 1.807) is 18.2 Å². The average molecular weight is 268 g/mol. The zero-order valence-electron chi connectivity index (χ0n) is 10.1. The fraction of sp³-hybridized carbons (Fsp3) is 0.167. The van der Waals surface area contributed by atoms with E-state index in [0.717, 1.165) is 0 Å². The number of rotatable bonds is 4. The minimum absolute atomic E-state index is 0.190. The first-order valence-corrected chi connectivity index (χ1v) is 6.65. The number of allylic oxidation sites excluding steroid dienone is 2. The summed E-state index contributed by atoms with van der Waals surface area (Å²) in [5.74, 6) is 0. The Morgan fingerprint density at radius 2 is 1.94 bits per heavy atom. The summed E-state index contributed by atoms with van der Waals surface area (Å²) in [6.45, 7) is 4.90. The SMILES string of the molecule is C=CCc1c(N)ccc(N)c1/C=C(\C)S(=O)(=O)O. The standard InChI is InChI=1S/C12H16N2O3S/c1-3-4-9-10(7-8(2)18(15,16)17)12(14)6-5-11(9)13/h3,5-7H,1,4,13-14H2,2H3,(H,15,16,17)/b8-7+. The van der Waals surface area contributed by atoms with E-state index >= 15 is 0 Å². The Morgan fingerprint density at radius 1 is 1.39 bits per heavy atom. The Labute approximate surface area is 107 Å². The van der Waals surface area contributed by atoms with Gasteiger partial charge in [-0.25, -0.2) is 0 Å². The Hall–Kier alpha value is -1.79. The molecule has 0 aliphatic heterocycles. The molecule has 0 unspecified atom stereocenters. The van der Waals surface area contributed by atoms with Crippen molar-refractivity contribution in [2.45, 2.75) is 13.3 Å². The molecule has 0 radical (unpaired) electrons. The van der Waals surface area contributed by atoms with Crippen molar-refractivity contribution >= 4 is 27.6 Å². The Balaban J connectivity index is 3.49. The van der Waals surface area contributed by atoms with Crippen LogP contribution in [-0.2, 0) is 16.5 Å². The number of anilines is 2. The van der Waals surface area contributed by atoms with Gasteiger partial charge in [0.1, 0.15) is 0 Å². The van der Waals surface area contributed by atoms with E-state index in [-0.39, 0.29) is 4.91 Å². The molecule has 1 aromatic carbocycles. The van der Waals surface area contributed by atoms with Gasteiger partial charge < -0.3 is 11.5 Å². The lowest BCUT2D eigenvalue weighted by atomic mass is 10.00. The van der Waals surface area contributed by atoms with Gasteiger partial charge in [0.05, 0.1) is 4.91 Å². The molecule has 0 aliphatic carbocycles. The van der Waals surface area contributed by atoms with Crippen molar-refractivity contribution in [1.29, 1.82) is 0 Å². The quantitative estimate of drug-likeness (QED) is 0.439. The average Bonchev–Trinajstić information content (AvgIpc) is 2.26. The maximum atomic E-state index is 11.0. The molecule has 0 amide bonds. The summed E-state index contributed by atoms with van der Waals surface area (Å²) in [4.78, 5) is -0.190. The summed E-state index contributed by atoms with van der Waals surface area (Å²) in [7, 11) is -4.22. The van der Waals surface area contributed by atoms with E-state index in [1.165, 1.54) is 13.0 Å². The largest absolute Gasteiger partial charge is 0.398 e. The van der Waals surface area contributed by atoms with Crippen molar-refractivity contribution in [3.8, 4) is 0 Å². The summed E-state index contributed by atoms with van der Waals surface area (Å²) in [5.41, 5.74) is 13.7. The summed E-state index contributed by atoms with van der Waals surface area (Å²) < 4.78 is 30.9. The molecule has 0 aliphatic rings. The van der Waals surface area contributed by atoms with E-state index in [1.807, 2.05) is 0 Å². The third kappa shape index (κ3) is 3.12. The molecular formula is C12H16N2O3S. The number of nitrogen functional groups attached to an aromatic ring is 2. The van der Waals surface area contributed by atoms with Crippen molar-refractivity contribution in [2.75, 3.05) is 11.5 Å². The molecule has 5 N–H and O–H groups in total. The molecule has 0 bridgehead atoms. The number of hydrogen-bond acceptors (Lipinski definition) is 4. The lowest BCUT2D eigenvalue weighted by Crippen LogP contribution is -2.03. The predicted octanol–water partition coefficient (Wildman–Crippen LogP) is 1.83. The first kappa shape index (κ1) is 14.3. The van der Waals surface area contributed by atoms with Crippen molar-refractivity contribution in [3.63, 3.8) is 0 Å². The van der Waals surface area contributed by atoms with Crippen LogP contribution in [0.4, 0.5) is 11.4 Å². The van der Waals surface area contributed by atoms with Crippen LogP contribution in [-0.4, -0.2) is 13.0 Å². The van der Waals surface area contributed by atoms with Crippen LogP contribution in [0.1, 0.15) is 18.1 Å². The Morgan fingerprint density at radius 3 is 2.44 bits per heavy atom. The molecule has 1 aromatic rings. The van der Waals surface area contributed by atoms with Gasteiger partial charge in [0.25, 0.3) is 10.1 Å². The van der Waals surface area contributed by atoms with E-state index < -0.39 is 10.1 Å². The smallest absolute Gasteiger partial charge is 0.290 e. The zero-order valence-corrected chi connectivity index (χ0v) is 10.9. The Kier molecular flexibility index (Phi) is 4.15. The van der Waals surface area contributed by atoms with Gasteiger partial charge in [-0.05, 0) is 37.1 Å². The fourth-order valence-electron chi connectivity index (χ4n) is 1.52. The molecular weight excluding hydrogens is 252 g/mol. The van der Waals surface area contributed by atoms with Crippen molar-refractivity contribution in [2.24, 2.45) is 0 Å². The van der Waals surface area contributed by atoms with Gasteiger partial charge in [-0.1, -0.05) is 6.08 Å². The highest BCUT2D eigenvalue weighted by Gasteiger charge is 2.12. The molecule has 0 spiro atoms. The van der Waals surface area contributed by atoms with E-state index in [9.17, 15) is 8.42 Å². The van der Waals surface area contributed by atoms with Crippen LogP contribution >= 0.6 is 0 Å². The third-order valence-electron chi connectivity index (χ3n) is 2.53. The first-order valence-electron chi connectivity index (χ1n) is 5.21. The van der Waals surface area contributed by atoms with Crippen LogP contribution < -0.4 is 11.5 Å². The molecule has 0 atom stereocenters. The Bertz CT molecular complexity index is 604. The highest BCUT2D eigenvalue weighted by Crippen LogP contribution is 2.27. The van der Waals surface area contributed by atoms with Crippen LogP contribution in [0.25, 0.3) is 6.08 Å². The lowest BCUT2D eigenvalue weighted by molar-refractivity contribution is 0.491. The second-order valence-electron chi connectivity index (χ2n) is 3.86. The van der Waals surface area contributed by atoms with Crippen molar-refractivity contribution in [1.82, 2.24) is 0 Å². The summed E-state index contributed by atoms with van der Waals surface area (Å²) >= 11 is 0. The van der Waals surface area contributed by atoms with Crippen molar-refractivity contribution in [3.05, 3.63) is 40.8 Å². The van der Waals surface area contributed by atoms with Crippen LogP contribution in [0.15, 0.2) is 29.7 Å². The number of hydrogen-bond donors (Lipinski definition) is 3. The highest BCUT2D eigenvalue weighted by atomic mass is 32.2. The fourth-order valence-corrected chi connectivity index (χ4v) is 1.79. The van der Waals surface area contributed by atoms with E-state index in [2.05, 4.69) is 6.58 Å². The third-order valence-corrected chi connectivity index (χ3v) is 3.46. The molecule has 0 aromatic heterocycles. The molecule has 0 fully saturated rings. The van der Waals surface area contributed by atoms with Gasteiger partial charge in [0, 0.05) is 16.9 Å². The summed E-state index contributed by atoms with van der Waals surface area (Å²) in [5, 5.41) is 0. The zero-order chi connectivity index (χ0) is 13.9.